The molecule has 3 aliphatic heterocycles. The van der Waals surface area contributed by atoms with E-state index in [1.54, 1.807) is 24.3 Å². The van der Waals surface area contributed by atoms with Crippen molar-refractivity contribution in [3.8, 4) is 17.9 Å². The van der Waals surface area contributed by atoms with Crippen LogP contribution in [0.1, 0.15) is 76.1 Å². The third-order valence-corrected chi connectivity index (χ3v) is 8.87. The van der Waals surface area contributed by atoms with Gasteiger partial charge in [0.2, 0.25) is 0 Å². The highest BCUT2D eigenvalue weighted by Gasteiger charge is 2.44. The van der Waals surface area contributed by atoms with Crippen molar-refractivity contribution in [2.45, 2.75) is 69.3 Å². The molecule has 2 aromatic carbocycles. The molecule has 3 aliphatic rings. The molecular weight excluding hydrogens is 540 g/mol. The molecule has 0 saturated carbocycles. The molecule has 3 aromatic rings. The number of rotatable bonds is 7. The number of amides is 2. The van der Waals surface area contributed by atoms with E-state index in [1.165, 1.54) is 11.8 Å². The number of carbonyl (C=O) groups excluding carboxylic acids is 2. The number of aromatic nitrogens is 1. The number of ether oxygens (including phenoxy) is 1. The van der Waals surface area contributed by atoms with Gasteiger partial charge in [0, 0.05) is 56.8 Å². The lowest BCUT2D eigenvalue weighted by atomic mass is 9.98. The molecule has 2 amide bonds. The zero-order valence-electron chi connectivity index (χ0n) is 24.0. The molecule has 218 valence electrons. The first kappa shape index (κ1) is 28.4. The van der Waals surface area contributed by atoms with Gasteiger partial charge in [-0.15, -0.1) is 0 Å². The fraction of sp³-hybridized carbons (Fsp3) is 0.382. The van der Waals surface area contributed by atoms with E-state index < -0.39 is 0 Å². The van der Waals surface area contributed by atoms with Gasteiger partial charge in [0.15, 0.2) is 0 Å². The van der Waals surface area contributed by atoms with Crippen LogP contribution < -0.4 is 10.1 Å². The van der Waals surface area contributed by atoms with Crippen molar-refractivity contribution in [1.29, 1.82) is 10.5 Å². The normalized spacial score (nSPS) is 21.9. The smallest absolute Gasteiger partial charge is 0.270 e. The predicted molar refractivity (Wildman–Crippen MR) is 159 cm³/mol. The zero-order valence-corrected chi connectivity index (χ0v) is 24.0. The molecule has 4 heterocycles. The highest BCUT2D eigenvalue weighted by Crippen LogP contribution is 2.38. The maximum atomic E-state index is 13.5. The summed E-state index contributed by atoms with van der Waals surface area (Å²) in [5.74, 6) is 0.485. The van der Waals surface area contributed by atoms with Crippen molar-refractivity contribution in [2.75, 3.05) is 13.1 Å². The maximum absolute atomic E-state index is 13.5. The minimum atomic E-state index is -0.217. The van der Waals surface area contributed by atoms with E-state index in [9.17, 15) is 9.59 Å². The van der Waals surface area contributed by atoms with Gasteiger partial charge in [-0.2, -0.15) is 10.5 Å². The first-order chi connectivity index (χ1) is 21.0. The molecule has 0 aliphatic carbocycles. The second-order valence-electron chi connectivity index (χ2n) is 11.7. The van der Waals surface area contributed by atoms with Crippen molar-refractivity contribution in [2.24, 2.45) is 0 Å². The molecule has 9 nitrogen and oxygen atoms in total. The SMILES string of the molecule is N#Cc1ccc(CN2CCC(NC(=O)c3ccc(C(=O)N4[C@@H]5CC[C@H]4CC(Oc4ccc(C#N)cc4)C5)cn3)CC2)cc1. The lowest BCUT2D eigenvalue weighted by Crippen LogP contribution is -2.49. The molecule has 3 atom stereocenters. The number of hydrogen-bond acceptors (Lipinski definition) is 7. The summed E-state index contributed by atoms with van der Waals surface area (Å²) in [6, 6.07) is 22.7. The minimum absolute atomic E-state index is 0.0292. The number of benzene rings is 2. The Labute approximate surface area is 251 Å². The Bertz CT molecular complexity index is 1520. The Balaban J connectivity index is 0.983. The lowest BCUT2D eigenvalue weighted by molar-refractivity contribution is 0.0358. The number of nitrogens with one attached hydrogen (secondary N) is 1. The molecule has 6 rings (SSSR count). The van der Waals surface area contributed by atoms with Crippen LogP contribution in [0.15, 0.2) is 66.9 Å². The second kappa shape index (κ2) is 12.6. The summed E-state index contributed by atoms with van der Waals surface area (Å²) >= 11 is 0. The van der Waals surface area contributed by atoms with Crippen molar-refractivity contribution < 1.29 is 14.3 Å². The molecule has 0 radical (unpaired) electrons. The van der Waals surface area contributed by atoms with E-state index in [0.717, 1.165) is 63.9 Å². The number of hydrogen-bond donors (Lipinski definition) is 1. The standard InChI is InChI=1S/C34H34N6O3/c35-19-23-1-3-25(4-2-23)22-39-15-13-27(14-16-39)38-33(41)32-12-7-26(21-37-32)34(42)40-28-8-9-29(40)18-31(17-28)43-30-10-5-24(20-36)6-11-30/h1-7,10-12,21,27-29,31H,8-9,13-18,22H2,(H,38,41)/t28-,29+,31?. The number of pyridine rings is 1. The summed E-state index contributed by atoms with van der Waals surface area (Å²) in [5.41, 5.74) is 3.25. The Kier molecular flexibility index (Phi) is 8.35. The third kappa shape index (κ3) is 6.53. The van der Waals surface area contributed by atoms with Crippen molar-refractivity contribution in [1.82, 2.24) is 20.1 Å². The largest absolute Gasteiger partial charge is 0.490 e. The number of nitriles is 2. The molecule has 3 fully saturated rings. The molecular formula is C34H34N6O3. The molecule has 1 unspecified atom stereocenters. The van der Waals surface area contributed by atoms with Gasteiger partial charge in [0.25, 0.3) is 11.8 Å². The fourth-order valence-electron chi connectivity index (χ4n) is 6.60. The van der Waals surface area contributed by atoms with Gasteiger partial charge < -0.3 is 15.0 Å². The van der Waals surface area contributed by atoms with Crippen LogP contribution in [-0.2, 0) is 6.54 Å². The van der Waals surface area contributed by atoms with Crippen LogP contribution in [0, 0.1) is 22.7 Å². The summed E-state index contributed by atoms with van der Waals surface area (Å²) in [6.07, 6.45) is 6.69. The van der Waals surface area contributed by atoms with E-state index in [2.05, 4.69) is 27.3 Å². The number of piperidine rings is 2. The molecule has 1 aromatic heterocycles. The van der Waals surface area contributed by atoms with Crippen molar-refractivity contribution in [3.63, 3.8) is 0 Å². The van der Waals surface area contributed by atoms with E-state index in [1.807, 2.05) is 41.3 Å². The van der Waals surface area contributed by atoms with Crippen LogP contribution in [0.2, 0.25) is 0 Å². The number of fused-ring (bicyclic) bond motifs is 2. The molecule has 1 N–H and O–H groups in total. The number of carbonyl (C=O) groups is 2. The monoisotopic (exact) mass is 574 g/mol. The third-order valence-electron chi connectivity index (χ3n) is 8.87. The van der Waals surface area contributed by atoms with Crippen LogP contribution in [0.25, 0.3) is 0 Å². The summed E-state index contributed by atoms with van der Waals surface area (Å²) in [5, 5.41) is 21.1. The van der Waals surface area contributed by atoms with Gasteiger partial charge in [0.05, 0.1) is 28.8 Å². The van der Waals surface area contributed by atoms with E-state index in [4.69, 9.17) is 15.3 Å². The first-order valence-electron chi connectivity index (χ1n) is 15.0. The van der Waals surface area contributed by atoms with Crippen molar-refractivity contribution >= 4 is 11.8 Å². The predicted octanol–water partition coefficient (Wildman–Crippen LogP) is 4.43. The first-order valence-corrected chi connectivity index (χ1v) is 15.0. The molecule has 2 bridgehead atoms. The summed E-state index contributed by atoms with van der Waals surface area (Å²) in [6.45, 7) is 2.58. The summed E-state index contributed by atoms with van der Waals surface area (Å²) in [4.78, 5) is 35.1. The molecule has 43 heavy (non-hydrogen) atoms. The Morgan fingerprint density at radius 2 is 1.49 bits per heavy atom. The Hall–Kier alpha value is -4.73. The topological polar surface area (TPSA) is 122 Å². The van der Waals surface area contributed by atoms with Crippen LogP contribution in [0.4, 0.5) is 0 Å². The van der Waals surface area contributed by atoms with E-state index >= 15 is 0 Å². The summed E-state index contributed by atoms with van der Waals surface area (Å²) < 4.78 is 6.20. The van der Waals surface area contributed by atoms with Gasteiger partial charge in [-0.25, -0.2) is 0 Å². The average Bonchev–Trinajstić information content (AvgIpc) is 3.32. The van der Waals surface area contributed by atoms with Gasteiger partial charge in [-0.1, -0.05) is 12.1 Å². The van der Waals surface area contributed by atoms with E-state index in [-0.39, 0.29) is 36.0 Å². The van der Waals surface area contributed by atoms with Crippen molar-refractivity contribution in [3.05, 3.63) is 94.8 Å². The van der Waals surface area contributed by atoms with Crippen LogP contribution >= 0.6 is 0 Å². The van der Waals surface area contributed by atoms with Gasteiger partial charge in [-0.3, -0.25) is 19.5 Å². The lowest BCUT2D eigenvalue weighted by Gasteiger charge is -2.39. The van der Waals surface area contributed by atoms with Gasteiger partial charge in [-0.05, 0) is 79.8 Å². The quantitative estimate of drug-likeness (QED) is 0.443. The zero-order chi connectivity index (χ0) is 29.8. The Morgan fingerprint density at radius 3 is 2.07 bits per heavy atom. The average molecular weight is 575 g/mol. The van der Waals surface area contributed by atoms with Crippen LogP contribution in [0.5, 0.6) is 5.75 Å². The molecule has 9 heteroatoms. The molecule has 0 spiro atoms. The molecule has 3 saturated heterocycles. The summed E-state index contributed by atoms with van der Waals surface area (Å²) in [7, 11) is 0. The minimum Gasteiger partial charge on any atom is -0.490 e. The van der Waals surface area contributed by atoms with Crippen LogP contribution in [0.3, 0.4) is 0 Å². The van der Waals surface area contributed by atoms with Gasteiger partial charge >= 0.3 is 0 Å². The maximum Gasteiger partial charge on any atom is 0.270 e. The number of nitrogens with zero attached hydrogens (tertiary/aromatic N) is 5. The van der Waals surface area contributed by atoms with Gasteiger partial charge in [0.1, 0.15) is 17.5 Å². The van der Waals surface area contributed by atoms with Crippen LogP contribution in [-0.4, -0.2) is 63.9 Å². The van der Waals surface area contributed by atoms with E-state index in [0.29, 0.717) is 22.4 Å². The fourth-order valence-corrected chi connectivity index (χ4v) is 6.60. The number of likely N-dealkylation sites (tertiary alicyclic amines) is 1. The Morgan fingerprint density at radius 1 is 0.860 bits per heavy atom. The highest BCUT2D eigenvalue weighted by atomic mass is 16.5. The second-order valence-corrected chi connectivity index (χ2v) is 11.7. The highest BCUT2D eigenvalue weighted by molar-refractivity contribution is 5.96.